The SMILES string of the molecule is CC(C)N(CC(N)=O)c1nc(N)ncc1Cl. The van der Waals surface area contributed by atoms with Gasteiger partial charge in [-0.1, -0.05) is 11.6 Å². The van der Waals surface area contributed by atoms with Crippen LogP contribution >= 0.6 is 11.6 Å². The van der Waals surface area contributed by atoms with Gasteiger partial charge in [0.25, 0.3) is 0 Å². The summed E-state index contributed by atoms with van der Waals surface area (Å²) in [6.45, 7) is 3.84. The highest BCUT2D eigenvalue weighted by molar-refractivity contribution is 6.32. The first-order valence-electron chi connectivity index (χ1n) is 4.74. The van der Waals surface area contributed by atoms with Crippen molar-refractivity contribution in [1.82, 2.24) is 9.97 Å². The molecule has 0 saturated carbocycles. The number of carbonyl (C=O) groups excluding carboxylic acids is 1. The molecule has 0 fully saturated rings. The van der Waals surface area contributed by atoms with Gasteiger partial charge in [0.05, 0.1) is 12.7 Å². The van der Waals surface area contributed by atoms with Crippen molar-refractivity contribution >= 4 is 29.3 Å². The Kier molecular flexibility index (Phi) is 3.89. The molecule has 0 aliphatic carbocycles. The first-order valence-corrected chi connectivity index (χ1v) is 5.12. The van der Waals surface area contributed by atoms with Gasteiger partial charge in [-0.25, -0.2) is 4.98 Å². The number of anilines is 2. The number of hydrogen-bond donors (Lipinski definition) is 2. The Morgan fingerprint density at radius 1 is 1.62 bits per heavy atom. The molecular weight excluding hydrogens is 230 g/mol. The molecule has 0 aliphatic rings. The van der Waals surface area contributed by atoms with Crippen LogP contribution in [0.2, 0.25) is 5.02 Å². The highest BCUT2D eigenvalue weighted by Gasteiger charge is 2.18. The van der Waals surface area contributed by atoms with Gasteiger partial charge in [0.1, 0.15) is 5.02 Å². The molecule has 0 spiro atoms. The van der Waals surface area contributed by atoms with Gasteiger partial charge in [-0.2, -0.15) is 4.98 Å². The Morgan fingerprint density at radius 2 is 2.25 bits per heavy atom. The first-order chi connectivity index (χ1) is 7.41. The first kappa shape index (κ1) is 12.5. The van der Waals surface area contributed by atoms with E-state index in [1.54, 1.807) is 4.90 Å². The Labute approximate surface area is 98.6 Å². The molecule has 6 nitrogen and oxygen atoms in total. The Morgan fingerprint density at radius 3 is 2.75 bits per heavy atom. The molecule has 1 aromatic rings. The van der Waals surface area contributed by atoms with E-state index in [1.807, 2.05) is 13.8 Å². The zero-order chi connectivity index (χ0) is 12.3. The number of rotatable bonds is 4. The molecule has 0 aromatic carbocycles. The predicted octanol–water partition coefficient (Wildman–Crippen LogP) is 0.412. The monoisotopic (exact) mass is 243 g/mol. The predicted molar refractivity (Wildman–Crippen MR) is 63.1 cm³/mol. The lowest BCUT2D eigenvalue weighted by molar-refractivity contribution is -0.116. The largest absolute Gasteiger partial charge is 0.368 e. The van der Waals surface area contributed by atoms with E-state index in [4.69, 9.17) is 23.1 Å². The van der Waals surface area contributed by atoms with Gasteiger partial charge in [0.15, 0.2) is 5.82 Å². The third-order valence-corrected chi connectivity index (χ3v) is 2.23. The van der Waals surface area contributed by atoms with Crippen LogP contribution in [-0.2, 0) is 4.79 Å². The quantitative estimate of drug-likeness (QED) is 0.798. The van der Waals surface area contributed by atoms with Crippen molar-refractivity contribution in [2.45, 2.75) is 19.9 Å². The van der Waals surface area contributed by atoms with Crippen LogP contribution in [0, 0.1) is 0 Å². The summed E-state index contributed by atoms with van der Waals surface area (Å²) in [5.74, 6) is 0.0689. The fourth-order valence-electron chi connectivity index (χ4n) is 1.24. The van der Waals surface area contributed by atoms with Crippen LogP contribution in [0.3, 0.4) is 0 Å². The van der Waals surface area contributed by atoms with Gasteiger partial charge in [-0.3, -0.25) is 4.79 Å². The highest BCUT2D eigenvalue weighted by atomic mass is 35.5. The van der Waals surface area contributed by atoms with Gasteiger partial charge in [0.2, 0.25) is 11.9 Å². The van der Waals surface area contributed by atoms with Crippen molar-refractivity contribution in [3.05, 3.63) is 11.2 Å². The number of nitrogens with two attached hydrogens (primary N) is 2. The summed E-state index contributed by atoms with van der Waals surface area (Å²) in [4.78, 5) is 20.4. The molecule has 0 aliphatic heterocycles. The van der Waals surface area contributed by atoms with Crippen LogP contribution in [-0.4, -0.2) is 28.5 Å². The van der Waals surface area contributed by atoms with Crippen LogP contribution in [0.25, 0.3) is 0 Å². The van der Waals surface area contributed by atoms with Crippen molar-refractivity contribution in [1.29, 1.82) is 0 Å². The maximum Gasteiger partial charge on any atom is 0.237 e. The van der Waals surface area contributed by atoms with Crippen LogP contribution in [0.1, 0.15) is 13.8 Å². The third kappa shape index (κ3) is 2.96. The minimum atomic E-state index is -0.457. The molecule has 0 saturated heterocycles. The molecule has 1 amide bonds. The van der Waals surface area contributed by atoms with Gasteiger partial charge in [0, 0.05) is 6.04 Å². The summed E-state index contributed by atoms with van der Waals surface area (Å²) in [5.41, 5.74) is 10.6. The van der Waals surface area contributed by atoms with Crippen LogP contribution < -0.4 is 16.4 Å². The summed E-state index contributed by atoms with van der Waals surface area (Å²) < 4.78 is 0. The van der Waals surface area contributed by atoms with Crippen molar-refractivity contribution in [2.24, 2.45) is 5.73 Å². The van der Waals surface area contributed by atoms with E-state index in [2.05, 4.69) is 9.97 Å². The second kappa shape index (κ2) is 4.98. The van der Waals surface area contributed by atoms with E-state index < -0.39 is 5.91 Å². The average molecular weight is 244 g/mol. The van der Waals surface area contributed by atoms with E-state index in [9.17, 15) is 4.79 Å². The zero-order valence-corrected chi connectivity index (χ0v) is 9.90. The summed E-state index contributed by atoms with van der Waals surface area (Å²) in [5, 5.41) is 0.337. The van der Waals surface area contributed by atoms with Crippen molar-refractivity contribution < 1.29 is 4.79 Å². The molecule has 4 N–H and O–H groups in total. The molecule has 0 unspecified atom stereocenters. The van der Waals surface area contributed by atoms with Crippen LogP contribution in [0.4, 0.5) is 11.8 Å². The fraction of sp³-hybridized carbons (Fsp3) is 0.444. The number of hydrogen-bond acceptors (Lipinski definition) is 5. The number of halogens is 1. The molecule has 1 heterocycles. The summed E-state index contributed by atoms with van der Waals surface area (Å²) in [6, 6.07) is 0.0271. The van der Waals surface area contributed by atoms with Crippen molar-refractivity contribution in [3.63, 3.8) is 0 Å². The molecule has 16 heavy (non-hydrogen) atoms. The number of nitrogen functional groups attached to an aromatic ring is 1. The van der Waals surface area contributed by atoms with Crippen LogP contribution in [0.15, 0.2) is 6.20 Å². The summed E-state index contributed by atoms with van der Waals surface area (Å²) in [7, 11) is 0. The standard InChI is InChI=1S/C9H14ClN5O/c1-5(2)15(4-7(11)16)8-6(10)3-13-9(12)14-8/h3,5H,4H2,1-2H3,(H2,11,16)(H2,12,13,14). The van der Waals surface area contributed by atoms with Crippen molar-refractivity contribution in [2.75, 3.05) is 17.2 Å². The van der Waals surface area contributed by atoms with Gasteiger partial charge < -0.3 is 16.4 Å². The summed E-state index contributed by atoms with van der Waals surface area (Å²) >= 11 is 5.94. The summed E-state index contributed by atoms with van der Waals surface area (Å²) in [6.07, 6.45) is 1.40. The number of nitrogens with zero attached hydrogens (tertiary/aromatic N) is 3. The topological polar surface area (TPSA) is 98.1 Å². The lowest BCUT2D eigenvalue weighted by Gasteiger charge is -2.27. The normalized spacial score (nSPS) is 10.5. The highest BCUT2D eigenvalue weighted by Crippen LogP contribution is 2.24. The van der Waals surface area contributed by atoms with E-state index in [1.165, 1.54) is 6.20 Å². The molecule has 1 aromatic heterocycles. The molecule has 0 bridgehead atoms. The fourth-order valence-corrected chi connectivity index (χ4v) is 1.44. The maximum absolute atomic E-state index is 10.9. The smallest absolute Gasteiger partial charge is 0.237 e. The average Bonchev–Trinajstić information content (AvgIpc) is 2.18. The number of carbonyl (C=O) groups is 1. The van der Waals surface area contributed by atoms with Crippen molar-refractivity contribution in [3.8, 4) is 0 Å². The molecule has 0 radical (unpaired) electrons. The second-order valence-corrected chi connectivity index (χ2v) is 3.99. The second-order valence-electron chi connectivity index (χ2n) is 3.59. The molecule has 88 valence electrons. The van der Waals surface area contributed by atoms with E-state index >= 15 is 0 Å². The molecule has 1 rings (SSSR count). The lowest BCUT2D eigenvalue weighted by Crippen LogP contribution is -2.39. The van der Waals surface area contributed by atoms with E-state index in [0.717, 1.165) is 0 Å². The lowest BCUT2D eigenvalue weighted by atomic mass is 10.3. The molecule has 7 heteroatoms. The number of aromatic nitrogens is 2. The Hall–Kier alpha value is -1.56. The molecular formula is C9H14ClN5O. The zero-order valence-electron chi connectivity index (χ0n) is 9.14. The van der Waals surface area contributed by atoms with Crippen LogP contribution in [0.5, 0.6) is 0 Å². The number of amides is 1. The van der Waals surface area contributed by atoms with Gasteiger partial charge in [-0.15, -0.1) is 0 Å². The van der Waals surface area contributed by atoms with Gasteiger partial charge in [-0.05, 0) is 13.8 Å². The third-order valence-electron chi connectivity index (χ3n) is 1.97. The number of primary amides is 1. The Bertz CT molecular complexity index is 395. The van der Waals surface area contributed by atoms with E-state index in [0.29, 0.717) is 10.8 Å². The Balaban J connectivity index is 3.09. The maximum atomic E-state index is 10.9. The minimum absolute atomic E-state index is 0.0271. The molecule has 0 atom stereocenters. The van der Waals surface area contributed by atoms with Gasteiger partial charge >= 0.3 is 0 Å². The minimum Gasteiger partial charge on any atom is -0.368 e. The van der Waals surface area contributed by atoms with E-state index in [-0.39, 0.29) is 18.5 Å².